The third-order valence-corrected chi connectivity index (χ3v) is 4.64. The summed E-state index contributed by atoms with van der Waals surface area (Å²) in [7, 11) is 1.85. The number of benzene rings is 2. The lowest BCUT2D eigenvalue weighted by Crippen LogP contribution is -2.17. The van der Waals surface area contributed by atoms with E-state index in [-0.39, 0.29) is 5.56 Å². The fourth-order valence-electron chi connectivity index (χ4n) is 3.32. The Kier molecular flexibility index (Phi) is 4.49. The number of hydrogen-bond donors (Lipinski definition) is 0. The van der Waals surface area contributed by atoms with E-state index < -0.39 is 17.5 Å². The summed E-state index contributed by atoms with van der Waals surface area (Å²) >= 11 is 0. The van der Waals surface area contributed by atoms with Crippen molar-refractivity contribution in [2.75, 3.05) is 13.6 Å². The highest BCUT2D eigenvalue weighted by molar-refractivity contribution is 5.83. The summed E-state index contributed by atoms with van der Waals surface area (Å²) in [6.07, 6.45) is 3.32. The second-order valence-electron chi connectivity index (χ2n) is 6.50. The van der Waals surface area contributed by atoms with E-state index in [0.717, 1.165) is 18.2 Å². The van der Waals surface area contributed by atoms with Gasteiger partial charge in [0.15, 0.2) is 0 Å². The number of halogens is 3. The van der Waals surface area contributed by atoms with Gasteiger partial charge in [-0.25, -0.2) is 13.2 Å². The summed E-state index contributed by atoms with van der Waals surface area (Å²) in [6.45, 7) is 0.825. The Bertz CT molecular complexity index is 1030. The maximum atomic E-state index is 15.4. The highest BCUT2D eigenvalue weighted by Crippen LogP contribution is 2.35. The van der Waals surface area contributed by atoms with E-state index in [0.29, 0.717) is 41.0 Å². The summed E-state index contributed by atoms with van der Waals surface area (Å²) in [5.41, 5.74) is 2.33. The van der Waals surface area contributed by atoms with Gasteiger partial charge in [-0.15, -0.1) is 0 Å². The summed E-state index contributed by atoms with van der Waals surface area (Å²) in [6, 6.07) is 10.0. The van der Waals surface area contributed by atoms with Gasteiger partial charge >= 0.3 is 0 Å². The maximum Gasteiger partial charge on any atom is 0.137 e. The van der Waals surface area contributed by atoms with Crippen LogP contribution in [0.2, 0.25) is 0 Å². The molecule has 3 aromatic rings. The number of likely N-dealkylation sites (N-methyl/N-ethyl adjacent to an activating group) is 1. The summed E-state index contributed by atoms with van der Waals surface area (Å²) in [5, 5.41) is 7.78. The number of fused-ring (bicyclic) bond motifs is 1. The summed E-state index contributed by atoms with van der Waals surface area (Å²) in [4.78, 5) is 1.91. The third-order valence-electron chi connectivity index (χ3n) is 4.64. The number of hydrogen-bond acceptors (Lipinski definition) is 3. The number of aromatic nitrogens is 2. The van der Waals surface area contributed by atoms with Gasteiger partial charge in [-0.3, -0.25) is 4.90 Å². The first-order chi connectivity index (χ1) is 13.0. The molecule has 1 aliphatic rings. The van der Waals surface area contributed by atoms with Gasteiger partial charge in [0, 0.05) is 36.0 Å². The standard InChI is InChI=1S/C21H16F3N3/c1-27-10-8-15(17-11-13(22)4-7-19(17)23)14-5-6-16(21(24)18(14)12-27)20-3-2-9-25-26-20/h2-9,11H,10,12H2,1H3. The van der Waals surface area contributed by atoms with Crippen LogP contribution in [0.15, 0.2) is 54.7 Å². The van der Waals surface area contributed by atoms with Crippen LogP contribution in [-0.2, 0) is 6.54 Å². The van der Waals surface area contributed by atoms with Crippen molar-refractivity contribution >= 4 is 5.57 Å². The van der Waals surface area contributed by atoms with Crippen molar-refractivity contribution in [2.24, 2.45) is 0 Å². The van der Waals surface area contributed by atoms with Crippen LogP contribution in [0.4, 0.5) is 13.2 Å². The average molecular weight is 367 g/mol. The zero-order chi connectivity index (χ0) is 19.0. The molecule has 0 unspecified atom stereocenters. The Hall–Kier alpha value is -2.99. The molecule has 1 aliphatic heterocycles. The van der Waals surface area contributed by atoms with Gasteiger partial charge in [0.05, 0.1) is 5.69 Å². The minimum Gasteiger partial charge on any atom is -0.298 e. The van der Waals surface area contributed by atoms with E-state index in [4.69, 9.17) is 0 Å². The van der Waals surface area contributed by atoms with Gasteiger partial charge in [-0.05, 0) is 54.6 Å². The normalized spacial score (nSPS) is 14.4. The van der Waals surface area contributed by atoms with Crippen LogP contribution in [0.5, 0.6) is 0 Å². The van der Waals surface area contributed by atoms with Gasteiger partial charge in [0.1, 0.15) is 17.5 Å². The fourth-order valence-corrected chi connectivity index (χ4v) is 3.32. The molecule has 0 aliphatic carbocycles. The Morgan fingerprint density at radius 3 is 2.56 bits per heavy atom. The van der Waals surface area contributed by atoms with Crippen LogP contribution >= 0.6 is 0 Å². The first kappa shape index (κ1) is 17.4. The molecule has 0 saturated heterocycles. The molecule has 27 heavy (non-hydrogen) atoms. The van der Waals surface area contributed by atoms with Crippen molar-refractivity contribution in [3.63, 3.8) is 0 Å². The molecule has 0 spiro atoms. The Morgan fingerprint density at radius 2 is 1.78 bits per heavy atom. The van der Waals surface area contributed by atoms with Gasteiger partial charge in [-0.1, -0.05) is 12.1 Å². The lowest BCUT2D eigenvalue weighted by molar-refractivity contribution is 0.358. The third kappa shape index (κ3) is 3.24. The molecule has 0 radical (unpaired) electrons. The van der Waals surface area contributed by atoms with Gasteiger partial charge in [0.25, 0.3) is 0 Å². The SMILES string of the molecule is CN1CC=C(c2cc(F)ccc2F)c2ccc(-c3cccnn3)c(F)c2C1. The van der Waals surface area contributed by atoms with Crippen LogP contribution in [0.3, 0.4) is 0 Å². The molecule has 136 valence electrons. The molecule has 3 nitrogen and oxygen atoms in total. The zero-order valence-electron chi connectivity index (χ0n) is 14.6. The molecule has 0 atom stereocenters. The highest BCUT2D eigenvalue weighted by Gasteiger charge is 2.23. The fraction of sp³-hybridized carbons (Fsp3) is 0.143. The molecule has 0 saturated carbocycles. The number of nitrogens with zero attached hydrogens (tertiary/aromatic N) is 3. The molecule has 4 rings (SSSR count). The van der Waals surface area contributed by atoms with Crippen LogP contribution in [-0.4, -0.2) is 28.7 Å². The quantitative estimate of drug-likeness (QED) is 0.671. The van der Waals surface area contributed by atoms with E-state index >= 15 is 4.39 Å². The van der Waals surface area contributed by atoms with Crippen LogP contribution in [0, 0.1) is 17.5 Å². The van der Waals surface area contributed by atoms with Crippen molar-refractivity contribution in [2.45, 2.75) is 6.54 Å². The average Bonchev–Trinajstić information content (AvgIpc) is 2.84. The Labute approximate surface area is 154 Å². The molecule has 6 heteroatoms. The minimum atomic E-state index is -0.545. The van der Waals surface area contributed by atoms with Crippen molar-refractivity contribution in [1.82, 2.24) is 15.1 Å². The van der Waals surface area contributed by atoms with Crippen LogP contribution in [0.25, 0.3) is 16.8 Å². The molecule has 2 heterocycles. The first-order valence-corrected chi connectivity index (χ1v) is 8.48. The minimum absolute atomic E-state index is 0.123. The van der Waals surface area contributed by atoms with Crippen molar-refractivity contribution in [3.05, 3.63) is 88.9 Å². The molecule has 0 amide bonds. The van der Waals surface area contributed by atoms with E-state index in [1.165, 1.54) is 6.20 Å². The van der Waals surface area contributed by atoms with Crippen LogP contribution < -0.4 is 0 Å². The van der Waals surface area contributed by atoms with Gasteiger partial charge < -0.3 is 0 Å². The molecule has 0 N–H and O–H groups in total. The predicted molar refractivity (Wildman–Crippen MR) is 97.2 cm³/mol. The highest BCUT2D eigenvalue weighted by atomic mass is 19.1. The first-order valence-electron chi connectivity index (χ1n) is 8.48. The van der Waals surface area contributed by atoms with E-state index in [1.807, 2.05) is 11.9 Å². The predicted octanol–water partition coefficient (Wildman–Crippen LogP) is 4.44. The lowest BCUT2D eigenvalue weighted by atomic mass is 9.91. The van der Waals surface area contributed by atoms with Crippen molar-refractivity contribution in [3.8, 4) is 11.3 Å². The molecule has 2 aromatic carbocycles. The van der Waals surface area contributed by atoms with Gasteiger partial charge in [-0.2, -0.15) is 10.2 Å². The largest absolute Gasteiger partial charge is 0.298 e. The molecular formula is C21H16F3N3. The number of rotatable bonds is 2. The van der Waals surface area contributed by atoms with E-state index in [1.54, 1.807) is 30.3 Å². The molecular weight excluding hydrogens is 351 g/mol. The zero-order valence-corrected chi connectivity index (χ0v) is 14.6. The second kappa shape index (κ2) is 6.96. The van der Waals surface area contributed by atoms with Crippen molar-refractivity contribution in [1.29, 1.82) is 0 Å². The molecule has 1 aromatic heterocycles. The second-order valence-corrected chi connectivity index (χ2v) is 6.50. The summed E-state index contributed by atoms with van der Waals surface area (Å²) in [5.74, 6) is -1.51. The van der Waals surface area contributed by atoms with Gasteiger partial charge in [0.2, 0.25) is 0 Å². The van der Waals surface area contributed by atoms with Crippen LogP contribution in [0.1, 0.15) is 16.7 Å². The molecule has 0 fully saturated rings. The topological polar surface area (TPSA) is 29.0 Å². The lowest BCUT2D eigenvalue weighted by Gasteiger charge is -2.17. The van der Waals surface area contributed by atoms with Crippen molar-refractivity contribution < 1.29 is 13.2 Å². The Morgan fingerprint density at radius 1 is 0.963 bits per heavy atom. The monoisotopic (exact) mass is 367 g/mol. The Balaban J connectivity index is 1.92. The van der Waals surface area contributed by atoms with E-state index in [2.05, 4.69) is 10.2 Å². The van der Waals surface area contributed by atoms with E-state index in [9.17, 15) is 8.78 Å². The molecule has 0 bridgehead atoms. The smallest absolute Gasteiger partial charge is 0.137 e. The summed E-state index contributed by atoms with van der Waals surface area (Å²) < 4.78 is 43.5. The maximum absolute atomic E-state index is 15.4.